The molecule has 5 heteroatoms. The van der Waals surface area contributed by atoms with Gasteiger partial charge in [0.2, 0.25) is 0 Å². The number of aromatic nitrogens is 3. The van der Waals surface area contributed by atoms with Crippen LogP contribution in [0.4, 0.5) is 0 Å². The largest absolute Gasteiger partial charge is 0.268 e. The molecule has 0 aliphatic heterocycles. The molecule has 0 bridgehead atoms. The van der Waals surface area contributed by atoms with Gasteiger partial charge >= 0.3 is 0 Å². The van der Waals surface area contributed by atoms with Crippen molar-refractivity contribution in [3.63, 3.8) is 0 Å². The minimum absolute atomic E-state index is 0.278. The van der Waals surface area contributed by atoms with E-state index >= 15 is 0 Å². The lowest BCUT2D eigenvalue weighted by molar-refractivity contribution is 0.974. The van der Waals surface area contributed by atoms with Gasteiger partial charge in [0.1, 0.15) is 0 Å². The number of pyridine rings is 2. The Morgan fingerprint density at radius 2 is 1.00 bits per heavy atom. The summed E-state index contributed by atoms with van der Waals surface area (Å²) < 4.78 is 1.40. The first-order valence-corrected chi connectivity index (χ1v) is 15.1. The van der Waals surface area contributed by atoms with Crippen LogP contribution in [0.5, 0.6) is 0 Å². The van der Waals surface area contributed by atoms with E-state index in [4.69, 9.17) is 0 Å². The van der Waals surface area contributed by atoms with Gasteiger partial charge < -0.3 is 0 Å². The van der Waals surface area contributed by atoms with Crippen LogP contribution in [0, 0.1) is 13.8 Å². The Kier molecular flexibility index (Phi) is 4.55. The van der Waals surface area contributed by atoms with Gasteiger partial charge in [-0.3, -0.25) is 19.6 Å². The number of hydrogen-bond acceptors (Lipinski definition) is 4. The quantitative estimate of drug-likeness (QED) is 0.197. The van der Waals surface area contributed by atoms with E-state index in [1.807, 2.05) is 56.3 Å². The summed E-state index contributed by atoms with van der Waals surface area (Å²) in [5, 5.41) is 11.6. The molecular formula is C40H23N3O2. The third-order valence-electron chi connectivity index (χ3n) is 10.1. The highest BCUT2D eigenvalue weighted by molar-refractivity contribution is 6.50. The third kappa shape index (κ3) is 2.93. The number of nitrogens with zero attached hydrogens (tertiary/aromatic N) is 3. The molecule has 0 saturated carbocycles. The van der Waals surface area contributed by atoms with Crippen molar-refractivity contribution in [3.05, 3.63) is 135 Å². The molecule has 0 fully saturated rings. The first-order chi connectivity index (χ1) is 22.0. The van der Waals surface area contributed by atoms with Crippen molar-refractivity contribution in [2.24, 2.45) is 0 Å². The molecule has 3 heterocycles. The molecule has 0 aliphatic carbocycles. The van der Waals surface area contributed by atoms with Gasteiger partial charge in [0.05, 0.1) is 16.5 Å². The van der Waals surface area contributed by atoms with Crippen LogP contribution in [0.25, 0.3) is 92.6 Å². The summed E-state index contributed by atoms with van der Waals surface area (Å²) in [5.74, 6) is 0. The normalized spacial score (nSPS) is 12.4. The highest BCUT2D eigenvalue weighted by Crippen LogP contribution is 2.53. The molecule has 3 aromatic heterocycles. The molecule has 210 valence electrons. The average molecular weight is 578 g/mol. The molecule has 7 aromatic carbocycles. The van der Waals surface area contributed by atoms with Gasteiger partial charge in [0.25, 0.3) is 11.1 Å². The van der Waals surface area contributed by atoms with E-state index < -0.39 is 0 Å². The van der Waals surface area contributed by atoms with Crippen LogP contribution in [-0.2, 0) is 0 Å². The molecule has 0 amide bonds. The molecule has 0 unspecified atom stereocenters. The fourth-order valence-electron chi connectivity index (χ4n) is 7.92. The fourth-order valence-corrected chi connectivity index (χ4v) is 7.92. The molecule has 0 aliphatic rings. The van der Waals surface area contributed by atoms with Crippen LogP contribution < -0.4 is 11.1 Å². The maximum Gasteiger partial charge on any atom is 0.266 e. The SMILES string of the molecule is Cc1cccc(-n2c(=O)c3c4cc(-c5ccncc5)c5ccc6ccc7c(-c8ccncc8)cc(c3c2=O)c2c7c6c5c42)c1C. The van der Waals surface area contributed by atoms with Crippen molar-refractivity contribution in [2.75, 3.05) is 0 Å². The lowest BCUT2D eigenvalue weighted by atomic mass is 9.89. The zero-order valence-electron chi connectivity index (χ0n) is 24.5. The van der Waals surface area contributed by atoms with Crippen molar-refractivity contribution in [1.82, 2.24) is 14.5 Å². The lowest BCUT2D eigenvalue weighted by Crippen LogP contribution is -2.24. The maximum absolute atomic E-state index is 14.7. The van der Waals surface area contributed by atoms with Crippen LogP contribution in [0.3, 0.4) is 0 Å². The fraction of sp³-hybridized carbons (Fsp3) is 0.0500. The summed E-state index contributed by atoms with van der Waals surface area (Å²) in [7, 11) is 0. The van der Waals surface area contributed by atoms with Gasteiger partial charge in [0, 0.05) is 24.8 Å². The second-order valence-electron chi connectivity index (χ2n) is 12.2. The van der Waals surface area contributed by atoms with Crippen LogP contribution in [0.1, 0.15) is 11.1 Å². The van der Waals surface area contributed by atoms with Crippen LogP contribution in [-0.4, -0.2) is 14.5 Å². The predicted octanol–water partition coefficient (Wildman–Crippen LogP) is 8.61. The van der Waals surface area contributed by atoms with E-state index in [9.17, 15) is 9.59 Å². The molecular weight excluding hydrogens is 554 g/mol. The molecule has 10 rings (SSSR count). The van der Waals surface area contributed by atoms with Crippen molar-refractivity contribution in [2.45, 2.75) is 13.8 Å². The number of benzene rings is 6. The Morgan fingerprint density at radius 1 is 0.511 bits per heavy atom. The van der Waals surface area contributed by atoms with Gasteiger partial charge in [-0.05, 0) is 144 Å². The van der Waals surface area contributed by atoms with Crippen molar-refractivity contribution in [1.29, 1.82) is 0 Å². The third-order valence-corrected chi connectivity index (χ3v) is 10.1. The zero-order valence-corrected chi connectivity index (χ0v) is 24.5. The van der Waals surface area contributed by atoms with Gasteiger partial charge in [-0.1, -0.05) is 36.4 Å². The summed E-state index contributed by atoms with van der Waals surface area (Å²) in [4.78, 5) is 37.9. The highest BCUT2D eigenvalue weighted by atomic mass is 16.2. The molecule has 0 saturated heterocycles. The summed E-state index contributed by atoms with van der Waals surface area (Å²) in [6.07, 6.45) is 7.18. The van der Waals surface area contributed by atoms with Crippen LogP contribution in [0.15, 0.2) is 113 Å². The maximum atomic E-state index is 14.7. The monoisotopic (exact) mass is 577 g/mol. The highest BCUT2D eigenvalue weighted by Gasteiger charge is 2.29. The molecule has 0 atom stereocenters. The molecule has 10 aromatic rings. The lowest BCUT2D eigenvalue weighted by Gasteiger charge is -2.12. The smallest absolute Gasteiger partial charge is 0.266 e. The van der Waals surface area contributed by atoms with Crippen LogP contribution in [0.2, 0.25) is 0 Å². The number of rotatable bonds is 3. The summed E-state index contributed by atoms with van der Waals surface area (Å²) >= 11 is 0. The Balaban J connectivity index is 1.54. The minimum Gasteiger partial charge on any atom is -0.268 e. The van der Waals surface area contributed by atoms with E-state index in [-0.39, 0.29) is 11.1 Å². The Bertz CT molecular complexity index is 2740. The zero-order chi connectivity index (χ0) is 30.1. The first kappa shape index (κ1) is 24.5. The predicted molar refractivity (Wildman–Crippen MR) is 184 cm³/mol. The van der Waals surface area contributed by atoms with Gasteiger partial charge in [-0.2, -0.15) is 0 Å². The van der Waals surface area contributed by atoms with Gasteiger partial charge in [-0.15, -0.1) is 0 Å². The number of aryl methyl sites for hydroxylation is 1. The van der Waals surface area contributed by atoms with Gasteiger partial charge in [0.15, 0.2) is 0 Å². The second-order valence-corrected chi connectivity index (χ2v) is 12.2. The molecule has 0 radical (unpaired) electrons. The second kappa shape index (κ2) is 8.36. The topological polar surface area (TPSA) is 64.8 Å². The Labute approximate surface area is 256 Å². The molecule has 45 heavy (non-hydrogen) atoms. The number of fused-ring (bicyclic) bond motifs is 3. The minimum atomic E-state index is -0.278. The average Bonchev–Trinajstić information content (AvgIpc) is 3.57. The molecule has 5 nitrogen and oxygen atoms in total. The Hall–Kier alpha value is -5.94. The van der Waals surface area contributed by atoms with E-state index in [2.05, 4.69) is 46.4 Å². The standard InChI is InChI=1S/C40H23N3O2/c1-20-4-3-5-31(21(20)2)43-39(44)37-29-18-27(22-10-14-41-15-11-22)25-8-6-24-7-9-26-28(23-12-16-42-17-13-23)19-30(38(37)40(43)45)36-34(26)32(24)33(25)35(29)36/h3-19H,1-2H3. The Morgan fingerprint density at radius 3 is 1.51 bits per heavy atom. The number of hydrogen-bond donors (Lipinski definition) is 0. The summed E-state index contributed by atoms with van der Waals surface area (Å²) in [6, 6.07) is 26.8. The van der Waals surface area contributed by atoms with Crippen molar-refractivity contribution >= 4 is 64.6 Å². The summed E-state index contributed by atoms with van der Waals surface area (Å²) in [6.45, 7) is 3.98. The molecule has 0 spiro atoms. The summed E-state index contributed by atoms with van der Waals surface area (Å²) in [5.41, 5.74) is 6.10. The van der Waals surface area contributed by atoms with Crippen LogP contribution >= 0.6 is 0 Å². The van der Waals surface area contributed by atoms with E-state index in [0.717, 1.165) is 81.9 Å². The van der Waals surface area contributed by atoms with Crippen molar-refractivity contribution in [3.8, 4) is 27.9 Å². The van der Waals surface area contributed by atoms with E-state index in [0.29, 0.717) is 16.5 Å². The van der Waals surface area contributed by atoms with Crippen molar-refractivity contribution < 1.29 is 0 Å². The first-order valence-electron chi connectivity index (χ1n) is 15.1. The molecule has 0 N–H and O–H groups in total. The van der Waals surface area contributed by atoms with E-state index in [1.54, 1.807) is 24.8 Å². The van der Waals surface area contributed by atoms with Gasteiger partial charge in [-0.25, -0.2) is 4.57 Å². The van der Waals surface area contributed by atoms with E-state index in [1.165, 1.54) is 9.95 Å².